The van der Waals surface area contributed by atoms with Gasteiger partial charge >= 0.3 is 0 Å². The van der Waals surface area contributed by atoms with Crippen LogP contribution in [0.4, 0.5) is 16.2 Å². The van der Waals surface area contributed by atoms with Crippen LogP contribution in [0.3, 0.4) is 0 Å². The predicted molar refractivity (Wildman–Crippen MR) is 97.6 cm³/mol. The molecule has 0 unspecified atom stereocenters. The molecule has 0 amide bonds. The third kappa shape index (κ3) is 3.72. The summed E-state index contributed by atoms with van der Waals surface area (Å²) in [4.78, 5) is 13.0. The van der Waals surface area contributed by atoms with Crippen molar-refractivity contribution in [2.24, 2.45) is 0 Å². The van der Waals surface area contributed by atoms with Crippen molar-refractivity contribution >= 4 is 11.8 Å². The van der Waals surface area contributed by atoms with Gasteiger partial charge in [-0.25, -0.2) is 0 Å². The number of morpholine rings is 1. The Morgan fingerprint density at radius 1 is 0.885 bits per heavy atom. The van der Waals surface area contributed by atoms with E-state index in [0.29, 0.717) is 43.8 Å². The molecule has 6 nitrogen and oxygen atoms in total. The molecule has 0 bridgehead atoms. The Hall–Kier alpha value is -2.41. The number of hydrogen-bond donors (Lipinski definition) is 0. The van der Waals surface area contributed by atoms with Gasteiger partial charge in [-0.2, -0.15) is 14.4 Å². The number of ether oxygens (including phenoxy) is 2. The molecule has 1 aromatic heterocycles. The highest BCUT2D eigenvalue weighted by Gasteiger charge is 2.25. The van der Waals surface area contributed by atoms with Gasteiger partial charge in [0.2, 0.25) is 11.8 Å². The lowest BCUT2D eigenvalue weighted by Gasteiger charge is -2.31. The summed E-state index contributed by atoms with van der Waals surface area (Å²) in [6.45, 7) is 4.13. The number of anilines is 2. The molecule has 2 aromatic rings. The molecule has 0 radical (unpaired) electrons. The fraction of sp³-hybridized carbons (Fsp3) is 0.474. The molecule has 2 aliphatic rings. The fourth-order valence-corrected chi connectivity index (χ4v) is 3.29. The Morgan fingerprint density at radius 3 is 2.35 bits per heavy atom. The van der Waals surface area contributed by atoms with Crippen LogP contribution in [0.25, 0.3) is 0 Å². The maximum absolute atomic E-state index is 15.1. The summed E-state index contributed by atoms with van der Waals surface area (Å²) < 4.78 is 26.3. The normalized spacial score (nSPS) is 18.0. The maximum Gasteiger partial charge on any atom is 0.263 e. The van der Waals surface area contributed by atoms with Crippen molar-refractivity contribution in [1.82, 2.24) is 9.97 Å². The number of nitrogens with zero attached hydrogens (tertiary/aromatic N) is 4. The van der Waals surface area contributed by atoms with Gasteiger partial charge < -0.3 is 19.3 Å². The lowest BCUT2D eigenvalue weighted by Crippen LogP contribution is -2.38. The van der Waals surface area contributed by atoms with Crippen molar-refractivity contribution < 1.29 is 13.9 Å². The van der Waals surface area contributed by atoms with E-state index in [2.05, 4.69) is 14.9 Å². The molecule has 0 atom stereocenters. The van der Waals surface area contributed by atoms with Crippen molar-refractivity contribution in [2.75, 3.05) is 49.2 Å². The van der Waals surface area contributed by atoms with Gasteiger partial charge in [0.1, 0.15) is 5.75 Å². The SMILES string of the molecule is Fc1c(Oc2ccccc2)nc(N2CCCCC2)nc1N1CCOCC1. The van der Waals surface area contributed by atoms with Gasteiger partial charge in [0.25, 0.3) is 5.88 Å². The van der Waals surface area contributed by atoms with Gasteiger partial charge in [-0.15, -0.1) is 0 Å². The summed E-state index contributed by atoms with van der Waals surface area (Å²) in [5, 5.41) is 0. The Morgan fingerprint density at radius 2 is 1.62 bits per heavy atom. The molecule has 0 aliphatic carbocycles. The van der Waals surface area contributed by atoms with E-state index in [4.69, 9.17) is 9.47 Å². The number of hydrogen-bond acceptors (Lipinski definition) is 6. The molecule has 2 saturated heterocycles. The van der Waals surface area contributed by atoms with Crippen molar-refractivity contribution in [3.05, 3.63) is 36.1 Å². The van der Waals surface area contributed by atoms with E-state index in [1.165, 1.54) is 6.42 Å². The molecule has 1 aromatic carbocycles. The molecule has 2 aliphatic heterocycles. The quantitative estimate of drug-likeness (QED) is 0.836. The average molecular weight is 358 g/mol. The van der Waals surface area contributed by atoms with Crippen molar-refractivity contribution in [2.45, 2.75) is 19.3 Å². The number of halogens is 1. The minimum absolute atomic E-state index is 0.0201. The lowest BCUT2D eigenvalue weighted by molar-refractivity contribution is 0.122. The summed E-state index contributed by atoms with van der Waals surface area (Å²) >= 11 is 0. The monoisotopic (exact) mass is 358 g/mol. The summed E-state index contributed by atoms with van der Waals surface area (Å²) in [6, 6.07) is 9.17. The summed E-state index contributed by atoms with van der Waals surface area (Å²) in [5.74, 6) is 0.862. The highest BCUT2D eigenvalue weighted by molar-refractivity contribution is 5.50. The number of aromatic nitrogens is 2. The van der Waals surface area contributed by atoms with Crippen LogP contribution in [0.15, 0.2) is 30.3 Å². The Balaban J connectivity index is 1.70. The fourth-order valence-electron chi connectivity index (χ4n) is 3.29. The zero-order chi connectivity index (χ0) is 17.8. The van der Waals surface area contributed by atoms with Crippen LogP contribution < -0.4 is 14.5 Å². The third-order valence-electron chi connectivity index (χ3n) is 4.70. The predicted octanol–water partition coefficient (Wildman–Crippen LogP) is 3.23. The highest BCUT2D eigenvalue weighted by atomic mass is 19.1. The number of para-hydroxylation sites is 1. The van der Waals surface area contributed by atoms with Crippen LogP contribution in [0.5, 0.6) is 11.6 Å². The Bertz CT molecular complexity index is 732. The van der Waals surface area contributed by atoms with Crippen LogP contribution >= 0.6 is 0 Å². The maximum atomic E-state index is 15.1. The van der Waals surface area contributed by atoms with E-state index in [0.717, 1.165) is 25.9 Å². The topological polar surface area (TPSA) is 50.7 Å². The standard InChI is InChI=1S/C19H23FN4O2/c20-16-17(23-11-13-25-14-12-23)21-19(24-9-5-2-6-10-24)22-18(16)26-15-7-3-1-4-8-15/h1,3-4,7-8H,2,5-6,9-14H2. The minimum atomic E-state index is -0.517. The van der Waals surface area contributed by atoms with Gasteiger partial charge in [-0.1, -0.05) is 18.2 Å². The van der Waals surface area contributed by atoms with Crippen LogP contribution in [0, 0.1) is 5.82 Å². The zero-order valence-electron chi connectivity index (χ0n) is 14.7. The van der Waals surface area contributed by atoms with Crippen molar-refractivity contribution in [3.63, 3.8) is 0 Å². The second kappa shape index (κ2) is 7.86. The molecule has 0 spiro atoms. The lowest BCUT2D eigenvalue weighted by atomic mass is 10.1. The van der Waals surface area contributed by atoms with E-state index in [1.807, 2.05) is 23.1 Å². The zero-order valence-corrected chi connectivity index (χ0v) is 14.7. The first-order valence-electron chi connectivity index (χ1n) is 9.19. The Kier molecular flexibility index (Phi) is 5.15. The first kappa shape index (κ1) is 17.0. The molecule has 138 valence electrons. The summed E-state index contributed by atoms with van der Waals surface area (Å²) in [6.07, 6.45) is 3.41. The van der Waals surface area contributed by atoms with E-state index in [1.54, 1.807) is 12.1 Å². The minimum Gasteiger partial charge on any atom is -0.436 e. The van der Waals surface area contributed by atoms with Gasteiger partial charge in [0, 0.05) is 26.2 Å². The van der Waals surface area contributed by atoms with E-state index in [-0.39, 0.29) is 5.88 Å². The number of rotatable bonds is 4. The number of piperidine rings is 1. The van der Waals surface area contributed by atoms with Gasteiger partial charge in [0.15, 0.2) is 5.82 Å². The van der Waals surface area contributed by atoms with Gasteiger partial charge in [0.05, 0.1) is 13.2 Å². The number of benzene rings is 1. The summed E-state index contributed by atoms with van der Waals surface area (Å²) in [5.41, 5.74) is 0. The first-order valence-corrected chi connectivity index (χ1v) is 9.19. The molecule has 7 heteroatoms. The molecule has 4 rings (SSSR count). The first-order chi connectivity index (χ1) is 12.8. The Labute approximate surface area is 152 Å². The van der Waals surface area contributed by atoms with Crippen LogP contribution in [0.1, 0.15) is 19.3 Å². The third-order valence-corrected chi connectivity index (χ3v) is 4.70. The van der Waals surface area contributed by atoms with Crippen molar-refractivity contribution in [3.8, 4) is 11.6 Å². The molecule has 0 N–H and O–H groups in total. The van der Waals surface area contributed by atoms with Gasteiger partial charge in [-0.3, -0.25) is 0 Å². The molecule has 3 heterocycles. The second-order valence-corrected chi connectivity index (χ2v) is 6.53. The smallest absolute Gasteiger partial charge is 0.263 e. The second-order valence-electron chi connectivity index (χ2n) is 6.53. The largest absolute Gasteiger partial charge is 0.436 e. The van der Waals surface area contributed by atoms with E-state index in [9.17, 15) is 0 Å². The van der Waals surface area contributed by atoms with Crippen molar-refractivity contribution in [1.29, 1.82) is 0 Å². The molecular formula is C19H23FN4O2. The van der Waals surface area contributed by atoms with Gasteiger partial charge in [-0.05, 0) is 31.4 Å². The molecule has 26 heavy (non-hydrogen) atoms. The van der Waals surface area contributed by atoms with Crippen LogP contribution in [-0.2, 0) is 4.74 Å². The summed E-state index contributed by atoms with van der Waals surface area (Å²) in [7, 11) is 0. The molecule has 2 fully saturated rings. The molecular weight excluding hydrogens is 335 g/mol. The molecule has 0 saturated carbocycles. The van der Waals surface area contributed by atoms with Crippen LogP contribution in [0.2, 0.25) is 0 Å². The van der Waals surface area contributed by atoms with E-state index >= 15 is 4.39 Å². The highest BCUT2D eigenvalue weighted by Crippen LogP contribution is 2.31. The average Bonchev–Trinajstić information content (AvgIpc) is 2.71. The van der Waals surface area contributed by atoms with E-state index < -0.39 is 5.82 Å². The van der Waals surface area contributed by atoms with Crippen LogP contribution in [-0.4, -0.2) is 49.4 Å².